The van der Waals surface area contributed by atoms with Crippen molar-refractivity contribution in [3.05, 3.63) is 23.7 Å². The second-order valence-corrected chi connectivity index (χ2v) is 3.59. The Labute approximate surface area is 72.4 Å². The van der Waals surface area contributed by atoms with Gasteiger partial charge >= 0.3 is 0 Å². The molecule has 0 amide bonds. The van der Waals surface area contributed by atoms with E-state index >= 15 is 0 Å². The molecule has 1 nitrogen and oxygen atoms in total. The molecular weight excluding hydrogens is 160 g/mol. The molecule has 1 unspecified atom stereocenters. The smallest absolute Gasteiger partial charge is 0.106 e. The van der Waals surface area contributed by atoms with Crippen LogP contribution in [0.1, 0.15) is 24.7 Å². The Bertz CT molecular complexity index is 215. The summed E-state index contributed by atoms with van der Waals surface area (Å²) in [7, 11) is 0. The maximum Gasteiger partial charge on any atom is 0.106 e. The molecule has 0 spiro atoms. The normalized spacial score (nSPS) is 13.4. The zero-order valence-electron chi connectivity index (χ0n) is 6.93. The van der Waals surface area contributed by atoms with Gasteiger partial charge in [0.2, 0.25) is 0 Å². The van der Waals surface area contributed by atoms with E-state index in [1.165, 1.54) is 5.56 Å². The van der Waals surface area contributed by atoms with Crippen LogP contribution in [0.15, 0.2) is 16.7 Å². The second-order valence-electron chi connectivity index (χ2n) is 2.85. The lowest BCUT2D eigenvalue weighted by Crippen LogP contribution is -1.94. The maximum atomic E-state index is 5.81. The zero-order chi connectivity index (χ0) is 8.27. The van der Waals surface area contributed by atoms with Crippen molar-refractivity contribution in [2.45, 2.75) is 32.1 Å². The molecule has 1 rings (SSSR count). The summed E-state index contributed by atoms with van der Waals surface area (Å²) in [6.07, 6.45) is 3.66. The third-order valence-electron chi connectivity index (χ3n) is 1.74. The van der Waals surface area contributed by atoms with Crippen molar-refractivity contribution in [3.63, 3.8) is 0 Å². The van der Waals surface area contributed by atoms with Crippen molar-refractivity contribution in [3.8, 4) is 0 Å². The Kier molecular flexibility index (Phi) is 3.01. The van der Waals surface area contributed by atoms with Gasteiger partial charge in [0.1, 0.15) is 5.76 Å². The van der Waals surface area contributed by atoms with Crippen molar-refractivity contribution in [2.24, 2.45) is 0 Å². The monoisotopic (exact) mass is 172 g/mol. The Hall–Kier alpha value is -0.430. The lowest BCUT2D eigenvalue weighted by molar-refractivity contribution is 0.498. The van der Waals surface area contributed by atoms with E-state index in [4.69, 9.17) is 16.0 Å². The highest BCUT2D eigenvalue weighted by Gasteiger charge is 2.03. The van der Waals surface area contributed by atoms with E-state index in [1.54, 1.807) is 6.26 Å². The summed E-state index contributed by atoms with van der Waals surface area (Å²) < 4.78 is 5.26. The molecule has 0 aliphatic rings. The quantitative estimate of drug-likeness (QED) is 0.639. The minimum atomic E-state index is 0.236. The van der Waals surface area contributed by atoms with Gasteiger partial charge in [-0.1, -0.05) is 0 Å². The summed E-state index contributed by atoms with van der Waals surface area (Å²) in [5.74, 6) is 1.07. The first kappa shape index (κ1) is 8.66. The Morgan fingerprint density at radius 2 is 2.36 bits per heavy atom. The Morgan fingerprint density at radius 1 is 1.64 bits per heavy atom. The van der Waals surface area contributed by atoms with Gasteiger partial charge < -0.3 is 4.42 Å². The predicted molar refractivity (Wildman–Crippen MR) is 47.1 cm³/mol. The van der Waals surface area contributed by atoms with E-state index in [0.29, 0.717) is 0 Å². The van der Waals surface area contributed by atoms with E-state index in [1.807, 2.05) is 13.0 Å². The molecule has 11 heavy (non-hydrogen) atoms. The van der Waals surface area contributed by atoms with Crippen molar-refractivity contribution in [1.82, 2.24) is 0 Å². The van der Waals surface area contributed by atoms with Gasteiger partial charge in [0.25, 0.3) is 0 Å². The van der Waals surface area contributed by atoms with E-state index in [9.17, 15) is 0 Å². The van der Waals surface area contributed by atoms with Crippen LogP contribution < -0.4 is 0 Å². The first-order valence-electron chi connectivity index (χ1n) is 3.87. The Balaban J connectivity index is 2.44. The summed E-state index contributed by atoms with van der Waals surface area (Å²) >= 11 is 5.81. The average molecular weight is 173 g/mol. The number of aryl methyl sites for hydroxylation is 2. The minimum Gasteiger partial charge on any atom is -0.469 e. The van der Waals surface area contributed by atoms with Crippen LogP contribution in [0.25, 0.3) is 0 Å². The molecule has 1 aromatic rings. The molecule has 0 fully saturated rings. The highest BCUT2D eigenvalue weighted by Crippen LogP contribution is 2.13. The molecule has 1 aromatic heterocycles. The fraction of sp³-hybridized carbons (Fsp3) is 0.556. The largest absolute Gasteiger partial charge is 0.469 e. The van der Waals surface area contributed by atoms with Crippen LogP contribution in [0.4, 0.5) is 0 Å². The van der Waals surface area contributed by atoms with Crippen LogP contribution >= 0.6 is 11.6 Å². The average Bonchev–Trinajstić information content (AvgIpc) is 2.31. The molecule has 62 valence electrons. The summed E-state index contributed by atoms with van der Waals surface area (Å²) in [5.41, 5.74) is 1.22. The molecule has 0 aromatic carbocycles. The molecule has 0 bridgehead atoms. The number of halogens is 1. The van der Waals surface area contributed by atoms with Crippen molar-refractivity contribution in [2.75, 3.05) is 0 Å². The molecule has 1 heterocycles. The SMILES string of the molecule is Cc1ccoc1CCC(C)Cl. The summed E-state index contributed by atoms with van der Waals surface area (Å²) in [6.45, 7) is 4.05. The molecule has 0 radical (unpaired) electrons. The predicted octanol–water partition coefficient (Wildman–Crippen LogP) is 3.15. The van der Waals surface area contributed by atoms with Gasteiger partial charge in [-0.15, -0.1) is 11.6 Å². The van der Waals surface area contributed by atoms with Crippen LogP contribution in [-0.2, 0) is 6.42 Å². The summed E-state index contributed by atoms with van der Waals surface area (Å²) in [5, 5.41) is 0.236. The molecular formula is C9H13ClO. The second kappa shape index (κ2) is 3.82. The van der Waals surface area contributed by atoms with Crippen LogP contribution in [0, 0.1) is 6.92 Å². The van der Waals surface area contributed by atoms with Crippen molar-refractivity contribution >= 4 is 11.6 Å². The lowest BCUT2D eigenvalue weighted by Gasteiger charge is -2.00. The Morgan fingerprint density at radius 3 is 2.82 bits per heavy atom. The third-order valence-corrected chi connectivity index (χ3v) is 1.96. The lowest BCUT2D eigenvalue weighted by atomic mass is 10.1. The van der Waals surface area contributed by atoms with Crippen LogP contribution in [-0.4, -0.2) is 5.38 Å². The minimum absolute atomic E-state index is 0.236. The highest BCUT2D eigenvalue weighted by molar-refractivity contribution is 6.20. The van der Waals surface area contributed by atoms with Crippen molar-refractivity contribution in [1.29, 1.82) is 0 Å². The number of furan rings is 1. The van der Waals surface area contributed by atoms with Crippen LogP contribution in [0.5, 0.6) is 0 Å². The number of rotatable bonds is 3. The van der Waals surface area contributed by atoms with Gasteiger partial charge in [0, 0.05) is 11.8 Å². The first-order chi connectivity index (χ1) is 5.20. The van der Waals surface area contributed by atoms with E-state index in [0.717, 1.165) is 18.6 Å². The van der Waals surface area contributed by atoms with E-state index in [-0.39, 0.29) is 5.38 Å². The van der Waals surface area contributed by atoms with Gasteiger partial charge in [0.15, 0.2) is 0 Å². The number of hydrogen-bond acceptors (Lipinski definition) is 1. The molecule has 0 aliphatic carbocycles. The summed E-state index contributed by atoms with van der Waals surface area (Å²) in [6, 6.07) is 1.98. The van der Waals surface area contributed by atoms with E-state index in [2.05, 4.69) is 6.92 Å². The van der Waals surface area contributed by atoms with Gasteiger partial charge in [0.05, 0.1) is 6.26 Å². The zero-order valence-corrected chi connectivity index (χ0v) is 7.69. The summed E-state index contributed by atoms with van der Waals surface area (Å²) in [4.78, 5) is 0. The van der Waals surface area contributed by atoms with Gasteiger partial charge in [-0.2, -0.15) is 0 Å². The third kappa shape index (κ3) is 2.58. The molecule has 0 saturated carbocycles. The number of alkyl halides is 1. The maximum absolute atomic E-state index is 5.81. The van der Waals surface area contributed by atoms with Gasteiger partial charge in [-0.3, -0.25) is 0 Å². The number of hydrogen-bond donors (Lipinski definition) is 0. The molecule has 1 atom stereocenters. The molecule has 0 N–H and O–H groups in total. The van der Waals surface area contributed by atoms with E-state index < -0.39 is 0 Å². The van der Waals surface area contributed by atoms with Crippen LogP contribution in [0.2, 0.25) is 0 Å². The first-order valence-corrected chi connectivity index (χ1v) is 4.31. The van der Waals surface area contributed by atoms with Crippen molar-refractivity contribution < 1.29 is 4.42 Å². The standard InChI is InChI=1S/C9H13ClO/c1-7-5-6-11-9(7)4-3-8(2)10/h5-6,8H,3-4H2,1-2H3. The fourth-order valence-electron chi connectivity index (χ4n) is 0.990. The topological polar surface area (TPSA) is 13.1 Å². The molecule has 0 aliphatic heterocycles. The molecule has 0 saturated heterocycles. The van der Waals surface area contributed by atoms with Gasteiger partial charge in [-0.05, 0) is 31.9 Å². The highest BCUT2D eigenvalue weighted by atomic mass is 35.5. The van der Waals surface area contributed by atoms with Gasteiger partial charge in [-0.25, -0.2) is 0 Å². The van der Waals surface area contributed by atoms with Crippen LogP contribution in [0.3, 0.4) is 0 Å². The fourth-order valence-corrected chi connectivity index (χ4v) is 1.10. The molecule has 2 heteroatoms.